The Kier molecular flexibility index (Phi) is 4.39. The molecule has 0 spiro atoms. The Bertz CT molecular complexity index is 520. The molecule has 1 N–H and O–H groups in total. The first-order valence-corrected chi connectivity index (χ1v) is 6.55. The van der Waals surface area contributed by atoms with Crippen molar-refractivity contribution < 1.29 is 0 Å². The van der Waals surface area contributed by atoms with Gasteiger partial charge in [-0.25, -0.2) is 0 Å². The van der Waals surface area contributed by atoms with E-state index in [4.69, 9.17) is 11.6 Å². The summed E-state index contributed by atoms with van der Waals surface area (Å²) in [5.41, 5.74) is 3.48. The molecule has 0 aliphatic carbocycles. The molecule has 0 aliphatic heterocycles. The van der Waals surface area contributed by atoms with Crippen molar-refractivity contribution in [3.8, 4) is 0 Å². The highest BCUT2D eigenvalue weighted by Crippen LogP contribution is 2.10. The zero-order valence-electron chi connectivity index (χ0n) is 10.8. The van der Waals surface area contributed by atoms with Gasteiger partial charge in [0, 0.05) is 24.7 Å². The Morgan fingerprint density at radius 2 is 2.11 bits per heavy atom. The lowest BCUT2D eigenvalue weighted by atomic mass is 10.2. The predicted molar refractivity (Wildman–Crippen MR) is 74.6 cm³/mol. The van der Waals surface area contributed by atoms with Crippen molar-refractivity contribution in [3.05, 3.63) is 52.3 Å². The molecule has 1 aromatic heterocycles. The quantitative estimate of drug-likeness (QED) is 0.898. The van der Waals surface area contributed by atoms with Crippen LogP contribution in [-0.2, 0) is 19.6 Å². The van der Waals surface area contributed by atoms with E-state index < -0.39 is 0 Å². The number of nitrogens with one attached hydrogen (secondary N) is 1. The number of hydrogen-bond donors (Lipinski definition) is 1. The maximum absolute atomic E-state index is 5.95. The van der Waals surface area contributed by atoms with Crippen molar-refractivity contribution in [1.82, 2.24) is 15.1 Å². The lowest BCUT2D eigenvalue weighted by molar-refractivity contribution is 0.579. The van der Waals surface area contributed by atoms with Gasteiger partial charge < -0.3 is 5.32 Å². The second-order valence-electron chi connectivity index (χ2n) is 4.33. The lowest BCUT2D eigenvalue weighted by Crippen LogP contribution is -2.16. The van der Waals surface area contributed by atoms with Crippen LogP contribution in [0.15, 0.2) is 30.3 Å². The third-order valence-corrected chi connectivity index (χ3v) is 3.04. The molecule has 0 aliphatic rings. The van der Waals surface area contributed by atoms with Gasteiger partial charge in [0.2, 0.25) is 0 Å². The zero-order valence-corrected chi connectivity index (χ0v) is 11.5. The van der Waals surface area contributed by atoms with Gasteiger partial charge in [-0.05, 0) is 37.6 Å². The summed E-state index contributed by atoms with van der Waals surface area (Å²) in [7, 11) is 0. The van der Waals surface area contributed by atoms with E-state index in [1.54, 1.807) is 0 Å². The highest BCUT2D eigenvalue weighted by molar-refractivity contribution is 6.30. The second kappa shape index (κ2) is 6.03. The Morgan fingerprint density at radius 3 is 2.83 bits per heavy atom. The first-order chi connectivity index (χ1) is 8.69. The molecule has 0 amide bonds. The third-order valence-electron chi connectivity index (χ3n) is 2.81. The molecule has 1 heterocycles. The first-order valence-electron chi connectivity index (χ1n) is 6.17. The molecule has 1 aromatic carbocycles. The minimum atomic E-state index is 0.781. The highest BCUT2D eigenvalue weighted by Gasteiger charge is 2.03. The van der Waals surface area contributed by atoms with Gasteiger partial charge >= 0.3 is 0 Å². The molecule has 0 saturated heterocycles. The summed E-state index contributed by atoms with van der Waals surface area (Å²) in [5.74, 6) is 0. The van der Waals surface area contributed by atoms with Crippen LogP contribution in [0.4, 0.5) is 0 Å². The highest BCUT2D eigenvalue weighted by atomic mass is 35.5. The van der Waals surface area contributed by atoms with E-state index in [0.717, 1.165) is 30.4 Å². The number of nitrogens with zero attached hydrogens (tertiary/aromatic N) is 2. The molecule has 0 unspecified atom stereocenters. The van der Waals surface area contributed by atoms with E-state index in [2.05, 4.69) is 29.5 Å². The maximum Gasteiger partial charge on any atom is 0.0597 e. The summed E-state index contributed by atoms with van der Waals surface area (Å²) in [5, 5.41) is 8.62. The Labute approximate surface area is 113 Å². The largest absolute Gasteiger partial charge is 0.307 e. The fourth-order valence-electron chi connectivity index (χ4n) is 2.00. The van der Waals surface area contributed by atoms with Crippen LogP contribution in [-0.4, -0.2) is 9.78 Å². The van der Waals surface area contributed by atoms with Gasteiger partial charge in [-0.1, -0.05) is 23.7 Å². The zero-order chi connectivity index (χ0) is 13.0. The SMILES string of the molecule is CCn1nc(C)cc1CNCc1cccc(Cl)c1. The van der Waals surface area contributed by atoms with Gasteiger partial charge in [-0.2, -0.15) is 5.10 Å². The smallest absolute Gasteiger partial charge is 0.0597 e. The summed E-state index contributed by atoms with van der Waals surface area (Å²) < 4.78 is 2.03. The third kappa shape index (κ3) is 3.34. The summed E-state index contributed by atoms with van der Waals surface area (Å²) in [6.07, 6.45) is 0. The van der Waals surface area contributed by atoms with Crippen molar-refractivity contribution in [3.63, 3.8) is 0 Å². The van der Waals surface area contributed by atoms with Crippen LogP contribution >= 0.6 is 11.6 Å². The molecular weight excluding hydrogens is 246 g/mol. The van der Waals surface area contributed by atoms with Crippen molar-refractivity contribution in [1.29, 1.82) is 0 Å². The Balaban J connectivity index is 1.92. The van der Waals surface area contributed by atoms with E-state index >= 15 is 0 Å². The fraction of sp³-hybridized carbons (Fsp3) is 0.357. The summed E-state index contributed by atoms with van der Waals surface area (Å²) in [4.78, 5) is 0. The van der Waals surface area contributed by atoms with Crippen molar-refractivity contribution in [2.45, 2.75) is 33.5 Å². The summed E-state index contributed by atoms with van der Waals surface area (Å²) >= 11 is 5.95. The maximum atomic E-state index is 5.95. The normalized spacial score (nSPS) is 10.8. The monoisotopic (exact) mass is 263 g/mol. The van der Waals surface area contributed by atoms with Gasteiger partial charge in [-0.15, -0.1) is 0 Å². The Morgan fingerprint density at radius 1 is 1.28 bits per heavy atom. The number of hydrogen-bond acceptors (Lipinski definition) is 2. The molecule has 0 atom stereocenters. The average Bonchev–Trinajstić information content (AvgIpc) is 2.70. The van der Waals surface area contributed by atoms with E-state index in [0.29, 0.717) is 0 Å². The number of aryl methyl sites for hydroxylation is 2. The van der Waals surface area contributed by atoms with Crippen LogP contribution in [0.3, 0.4) is 0 Å². The van der Waals surface area contributed by atoms with Crippen LogP contribution in [0, 0.1) is 6.92 Å². The lowest BCUT2D eigenvalue weighted by Gasteiger charge is -2.07. The minimum absolute atomic E-state index is 0.781. The van der Waals surface area contributed by atoms with Crippen molar-refractivity contribution in [2.24, 2.45) is 0 Å². The molecule has 0 saturated carbocycles. The average molecular weight is 264 g/mol. The summed E-state index contributed by atoms with van der Waals surface area (Å²) in [6.45, 7) is 6.66. The number of rotatable bonds is 5. The van der Waals surface area contributed by atoms with Gasteiger partial charge in [-0.3, -0.25) is 4.68 Å². The molecule has 4 heteroatoms. The van der Waals surface area contributed by atoms with Crippen LogP contribution in [0.1, 0.15) is 23.9 Å². The molecule has 96 valence electrons. The van der Waals surface area contributed by atoms with Gasteiger partial charge in [0.25, 0.3) is 0 Å². The minimum Gasteiger partial charge on any atom is -0.307 e. The van der Waals surface area contributed by atoms with Gasteiger partial charge in [0.05, 0.1) is 11.4 Å². The molecule has 0 radical (unpaired) electrons. The first kappa shape index (κ1) is 13.1. The van der Waals surface area contributed by atoms with Crippen molar-refractivity contribution in [2.75, 3.05) is 0 Å². The fourth-order valence-corrected chi connectivity index (χ4v) is 2.21. The summed E-state index contributed by atoms with van der Waals surface area (Å²) in [6, 6.07) is 10.0. The second-order valence-corrected chi connectivity index (χ2v) is 4.76. The molecule has 2 aromatic rings. The number of aromatic nitrogens is 2. The topological polar surface area (TPSA) is 29.9 Å². The molecule has 0 bridgehead atoms. The Hall–Kier alpha value is -1.32. The van der Waals surface area contributed by atoms with E-state index in [1.165, 1.54) is 11.3 Å². The standard InChI is InChI=1S/C14H18ClN3/c1-3-18-14(7-11(2)17-18)10-16-9-12-5-4-6-13(15)8-12/h4-8,16H,3,9-10H2,1-2H3. The number of halogens is 1. The molecular formula is C14H18ClN3. The van der Waals surface area contributed by atoms with Crippen LogP contribution in [0.2, 0.25) is 5.02 Å². The van der Waals surface area contributed by atoms with Crippen LogP contribution < -0.4 is 5.32 Å². The van der Waals surface area contributed by atoms with Gasteiger partial charge in [0.1, 0.15) is 0 Å². The molecule has 2 rings (SSSR count). The van der Waals surface area contributed by atoms with Crippen LogP contribution in [0.25, 0.3) is 0 Å². The van der Waals surface area contributed by atoms with Gasteiger partial charge in [0.15, 0.2) is 0 Å². The van der Waals surface area contributed by atoms with E-state index in [9.17, 15) is 0 Å². The molecule has 3 nitrogen and oxygen atoms in total. The van der Waals surface area contributed by atoms with E-state index in [1.807, 2.05) is 29.8 Å². The van der Waals surface area contributed by atoms with Crippen LogP contribution in [0.5, 0.6) is 0 Å². The molecule has 18 heavy (non-hydrogen) atoms. The predicted octanol–water partition coefficient (Wildman–Crippen LogP) is 3.15. The number of benzene rings is 1. The van der Waals surface area contributed by atoms with E-state index in [-0.39, 0.29) is 0 Å². The van der Waals surface area contributed by atoms with Crippen molar-refractivity contribution >= 4 is 11.6 Å². The molecule has 0 fully saturated rings.